The molecule has 13 heteroatoms. The van der Waals surface area contributed by atoms with Gasteiger partial charge < -0.3 is 19.0 Å². The normalized spacial score (nSPS) is 13.2. The Hall–Kier alpha value is -3.12. The van der Waals surface area contributed by atoms with Crippen LogP contribution in [0.25, 0.3) is 28.1 Å². The lowest BCUT2D eigenvalue weighted by molar-refractivity contribution is -0.209. The quantitative estimate of drug-likeness (QED) is 0.470. The maximum Gasteiger partial charge on any atom is 0.421 e. The highest BCUT2D eigenvalue weighted by atomic mass is 35.5. The number of imidazole rings is 1. The third kappa shape index (κ3) is 2.99. The molecule has 3 aromatic heterocycles. The van der Waals surface area contributed by atoms with Crippen molar-refractivity contribution in [1.29, 1.82) is 0 Å². The summed E-state index contributed by atoms with van der Waals surface area (Å²) >= 11 is 6.04. The Kier molecular flexibility index (Phi) is 4.70. The molecule has 2 N–H and O–H groups in total. The van der Waals surface area contributed by atoms with Gasteiger partial charge in [0.1, 0.15) is 16.5 Å². The fourth-order valence-corrected chi connectivity index (χ4v) is 3.44. The van der Waals surface area contributed by atoms with Crippen molar-refractivity contribution >= 4 is 22.5 Å². The van der Waals surface area contributed by atoms with Crippen molar-refractivity contribution in [3.63, 3.8) is 0 Å². The summed E-state index contributed by atoms with van der Waals surface area (Å²) in [5.74, 6) is -1.70. The molecule has 0 saturated heterocycles. The van der Waals surface area contributed by atoms with Crippen LogP contribution in [0.3, 0.4) is 0 Å². The molecule has 0 spiro atoms. The van der Waals surface area contributed by atoms with Crippen molar-refractivity contribution in [2.45, 2.75) is 12.3 Å². The number of halogens is 5. The van der Waals surface area contributed by atoms with Crippen LogP contribution in [0.4, 0.5) is 17.6 Å². The van der Waals surface area contributed by atoms with Gasteiger partial charge in [0.05, 0.1) is 24.6 Å². The van der Waals surface area contributed by atoms with Crippen molar-refractivity contribution in [1.82, 2.24) is 29.3 Å². The number of hydrogen-bond donors (Lipinski definition) is 2. The topological polar surface area (TPSA) is 93.8 Å². The van der Waals surface area contributed by atoms with E-state index in [0.29, 0.717) is 11.1 Å². The maximum absolute atomic E-state index is 15.1. The van der Waals surface area contributed by atoms with Gasteiger partial charge in [0.2, 0.25) is 6.10 Å². The number of rotatable bonds is 4. The first-order valence-electron chi connectivity index (χ1n) is 8.35. The SMILES string of the molecule is COc1cc2c(-n3ccnc3)c(-c3n[nH]c([C@@H](O)C(F)(F)F)n3)n(C)c2c(F)c1Cl. The molecule has 0 unspecified atom stereocenters. The van der Waals surface area contributed by atoms with Crippen LogP contribution in [0.5, 0.6) is 5.75 Å². The summed E-state index contributed by atoms with van der Waals surface area (Å²) in [5, 5.41) is 15.4. The number of nitrogens with one attached hydrogen (secondary N) is 1. The largest absolute Gasteiger partial charge is 0.495 e. The lowest BCUT2D eigenvalue weighted by Gasteiger charge is -2.10. The molecule has 0 bridgehead atoms. The van der Waals surface area contributed by atoms with Gasteiger partial charge in [0.25, 0.3) is 0 Å². The van der Waals surface area contributed by atoms with Crippen LogP contribution >= 0.6 is 11.6 Å². The molecular weight excluding hydrogens is 432 g/mol. The summed E-state index contributed by atoms with van der Waals surface area (Å²) in [4.78, 5) is 7.75. The van der Waals surface area contributed by atoms with E-state index in [0.717, 1.165) is 0 Å². The average Bonchev–Trinajstić information content (AvgIpc) is 3.42. The van der Waals surface area contributed by atoms with Crippen molar-refractivity contribution in [2.24, 2.45) is 7.05 Å². The highest BCUT2D eigenvalue weighted by Crippen LogP contribution is 2.42. The molecule has 0 fully saturated rings. The second-order valence-corrected chi connectivity index (χ2v) is 6.70. The number of aliphatic hydroxyl groups excluding tert-OH is 1. The highest BCUT2D eigenvalue weighted by Gasteiger charge is 2.42. The molecule has 0 radical (unpaired) electrons. The fourth-order valence-electron chi connectivity index (χ4n) is 3.21. The molecule has 0 aliphatic heterocycles. The number of fused-ring (bicyclic) bond motifs is 1. The smallest absolute Gasteiger partial charge is 0.421 e. The molecule has 0 amide bonds. The van der Waals surface area contributed by atoms with E-state index in [2.05, 4.69) is 20.2 Å². The van der Waals surface area contributed by atoms with E-state index in [1.165, 1.54) is 41.9 Å². The number of H-pyrrole nitrogens is 1. The molecule has 0 aliphatic carbocycles. The molecule has 30 heavy (non-hydrogen) atoms. The minimum atomic E-state index is -4.93. The van der Waals surface area contributed by atoms with E-state index < -0.39 is 23.9 Å². The van der Waals surface area contributed by atoms with E-state index in [9.17, 15) is 18.3 Å². The van der Waals surface area contributed by atoms with Crippen LogP contribution in [-0.4, -0.2) is 47.7 Å². The Labute approximate surface area is 170 Å². The van der Waals surface area contributed by atoms with Crippen LogP contribution in [0, 0.1) is 5.82 Å². The molecule has 0 aliphatic rings. The number of aliphatic hydroxyl groups is 1. The summed E-state index contributed by atoms with van der Waals surface area (Å²) < 4.78 is 61.6. The van der Waals surface area contributed by atoms with Crippen LogP contribution in [0.2, 0.25) is 5.02 Å². The summed E-state index contributed by atoms with van der Waals surface area (Å²) in [7, 11) is 2.81. The van der Waals surface area contributed by atoms with E-state index >= 15 is 4.39 Å². The number of benzene rings is 1. The summed E-state index contributed by atoms with van der Waals surface area (Å²) in [6, 6.07) is 1.50. The molecule has 1 atom stereocenters. The molecule has 8 nitrogen and oxygen atoms in total. The van der Waals surface area contributed by atoms with Crippen molar-refractivity contribution in [3.05, 3.63) is 41.5 Å². The predicted molar refractivity (Wildman–Crippen MR) is 98.0 cm³/mol. The lowest BCUT2D eigenvalue weighted by Crippen LogP contribution is -2.21. The van der Waals surface area contributed by atoms with E-state index in [-0.39, 0.29) is 27.8 Å². The maximum atomic E-state index is 15.1. The van der Waals surface area contributed by atoms with Crippen molar-refractivity contribution < 1.29 is 27.4 Å². The molecule has 1 aromatic carbocycles. The Bertz CT molecular complexity index is 1230. The number of aromatic amines is 1. The minimum absolute atomic E-state index is 0.0576. The first kappa shape index (κ1) is 20.2. The van der Waals surface area contributed by atoms with Gasteiger partial charge in [-0.15, -0.1) is 0 Å². The zero-order valence-electron chi connectivity index (χ0n) is 15.4. The number of hydrogen-bond acceptors (Lipinski definition) is 5. The standard InChI is InChI=1S/C17H13ClF4N6O2/c1-27-11-7(5-8(30-2)9(18)10(11)19)12(28-4-3-23-6-28)13(27)15-24-16(26-25-15)14(29)17(20,21)22/h3-6,14,29H,1-2H3,(H,24,25,26)/t14-/m1/s1. The zero-order chi connectivity index (χ0) is 21.8. The van der Waals surface area contributed by atoms with Gasteiger partial charge in [0, 0.05) is 24.8 Å². The third-order valence-electron chi connectivity index (χ3n) is 4.56. The number of ether oxygens (including phenoxy) is 1. The molecular formula is C17H13ClF4N6O2. The lowest BCUT2D eigenvalue weighted by atomic mass is 10.2. The summed E-state index contributed by atoms with van der Waals surface area (Å²) in [5.41, 5.74) is 0.566. The van der Waals surface area contributed by atoms with Gasteiger partial charge in [0.15, 0.2) is 17.5 Å². The predicted octanol–water partition coefficient (Wildman–Crippen LogP) is 3.55. The van der Waals surface area contributed by atoms with Crippen molar-refractivity contribution in [3.8, 4) is 23.0 Å². The second-order valence-electron chi connectivity index (χ2n) is 6.32. The summed E-state index contributed by atoms with van der Waals surface area (Å²) in [6.07, 6.45) is -3.32. The van der Waals surface area contributed by atoms with Gasteiger partial charge in [-0.1, -0.05) is 11.6 Å². The van der Waals surface area contributed by atoms with Gasteiger partial charge >= 0.3 is 6.18 Å². The molecule has 3 heterocycles. The van der Waals surface area contributed by atoms with E-state index in [1.807, 2.05) is 0 Å². The summed E-state index contributed by atoms with van der Waals surface area (Å²) in [6.45, 7) is 0. The van der Waals surface area contributed by atoms with Crippen LogP contribution in [-0.2, 0) is 7.05 Å². The Morgan fingerprint density at radius 1 is 1.33 bits per heavy atom. The monoisotopic (exact) mass is 444 g/mol. The first-order chi connectivity index (χ1) is 14.1. The Morgan fingerprint density at radius 2 is 2.07 bits per heavy atom. The Balaban J connectivity index is 2.03. The van der Waals surface area contributed by atoms with Gasteiger partial charge in [-0.3, -0.25) is 5.10 Å². The van der Waals surface area contributed by atoms with Crippen LogP contribution in [0.1, 0.15) is 11.9 Å². The second kappa shape index (κ2) is 6.99. The highest BCUT2D eigenvalue weighted by molar-refractivity contribution is 6.33. The number of methoxy groups -OCH3 is 1. The van der Waals surface area contributed by atoms with Gasteiger partial charge in [-0.25, -0.2) is 14.4 Å². The number of aromatic nitrogens is 6. The zero-order valence-corrected chi connectivity index (χ0v) is 16.1. The molecule has 158 valence electrons. The van der Waals surface area contributed by atoms with Crippen LogP contribution in [0.15, 0.2) is 24.8 Å². The third-order valence-corrected chi connectivity index (χ3v) is 4.92. The minimum Gasteiger partial charge on any atom is -0.495 e. The fraction of sp³-hybridized carbons (Fsp3) is 0.235. The van der Waals surface area contributed by atoms with Crippen LogP contribution < -0.4 is 4.74 Å². The average molecular weight is 445 g/mol. The Morgan fingerprint density at radius 3 is 2.67 bits per heavy atom. The van der Waals surface area contributed by atoms with Gasteiger partial charge in [-0.05, 0) is 6.07 Å². The van der Waals surface area contributed by atoms with E-state index in [4.69, 9.17) is 16.3 Å². The molecule has 4 rings (SSSR count). The number of nitrogens with zero attached hydrogens (tertiary/aromatic N) is 5. The number of aryl methyl sites for hydroxylation is 1. The van der Waals surface area contributed by atoms with Gasteiger partial charge in [-0.2, -0.15) is 18.3 Å². The first-order valence-corrected chi connectivity index (χ1v) is 8.73. The van der Waals surface area contributed by atoms with Crippen molar-refractivity contribution in [2.75, 3.05) is 7.11 Å². The van der Waals surface area contributed by atoms with E-state index in [1.54, 1.807) is 6.20 Å². The number of alkyl halides is 3. The molecule has 0 saturated carbocycles. The molecule has 4 aromatic rings.